The summed E-state index contributed by atoms with van der Waals surface area (Å²) in [6.45, 7) is 12.4. The summed E-state index contributed by atoms with van der Waals surface area (Å²) >= 11 is 0. The average Bonchev–Trinajstić information content (AvgIpc) is 2.39. The molecule has 0 aliphatic carbocycles. The highest BCUT2D eigenvalue weighted by molar-refractivity contribution is 4.62. The van der Waals surface area contributed by atoms with Gasteiger partial charge in [0, 0.05) is 19.6 Å². The Labute approximate surface area is 112 Å². The zero-order valence-electron chi connectivity index (χ0n) is 12.1. The number of morpholine rings is 1. The average molecular weight is 258 g/mol. The van der Waals surface area contributed by atoms with Gasteiger partial charge in [-0.3, -0.25) is 4.90 Å². The van der Waals surface area contributed by atoms with Crippen LogP contribution in [0.4, 0.5) is 0 Å². The van der Waals surface area contributed by atoms with Gasteiger partial charge in [-0.05, 0) is 32.9 Å². The van der Waals surface area contributed by atoms with E-state index >= 15 is 0 Å². The molecule has 0 bridgehead atoms. The SMILES string of the molecule is CCCC(C)OCCNCCCN1CCOCC1. The fourth-order valence-electron chi connectivity index (χ4n) is 2.20. The van der Waals surface area contributed by atoms with Crippen LogP contribution in [0, 0.1) is 0 Å². The third-order valence-electron chi connectivity index (χ3n) is 3.31. The third kappa shape index (κ3) is 8.03. The lowest BCUT2D eigenvalue weighted by atomic mass is 10.2. The Morgan fingerprint density at radius 1 is 1.28 bits per heavy atom. The Morgan fingerprint density at radius 2 is 2.06 bits per heavy atom. The van der Waals surface area contributed by atoms with Crippen LogP contribution in [0.1, 0.15) is 33.1 Å². The van der Waals surface area contributed by atoms with Crippen molar-refractivity contribution in [1.82, 2.24) is 10.2 Å². The van der Waals surface area contributed by atoms with Crippen LogP contribution in [-0.4, -0.2) is 63.5 Å². The molecule has 0 aromatic rings. The zero-order chi connectivity index (χ0) is 13.1. The van der Waals surface area contributed by atoms with Gasteiger partial charge in [0.2, 0.25) is 0 Å². The Kier molecular flexibility index (Phi) is 9.48. The maximum absolute atomic E-state index is 5.69. The van der Waals surface area contributed by atoms with Gasteiger partial charge in [-0.2, -0.15) is 0 Å². The smallest absolute Gasteiger partial charge is 0.0594 e. The number of hydrogen-bond donors (Lipinski definition) is 1. The molecule has 4 heteroatoms. The largest absolute Gasteiger partial charge is 0.379 e. The molecule has 1 heterocycles. The molecule has 1 fully saturated rings. The maximum Gasteiger partial charge on any atom is 0.0594 e. The molecule has 1 unspecified atom stereocenters. The molecule has 1 aliphatic heterocycles. The molecule has 108 valence electrons. The highest BCUT2D eigenvalue weighted by Crippen LogP contribution is 1.99. The minimum absolute atomic E-state index is 0.408. The first kappa shape index (κ1) is 15.9. The van der Waals surface area contributed by atoms with E-state index in [2.05, 4.69) is 24.1 Å². The Balaban J connectivity index is 1.80. The maximum atomic E-state index is 5.69. The Hall–Kier alpha value is -0.160. The second kappa shape index (κ2) is 10.7. The van der Waals surface area contributed by atoms with Crippen molar-refractivity contribution in [2.24, 2.45) is 0 Å². The highest BCUT2D eigenvalue weighted by atomic mass is 16.5. The molecule has 0 aromatic carbocycles. The highest BCUT2D eigenvalue weighted by Gasteiger charge is 2.08. The second-order valence-corrected chi connectivity index (χ2v) is 5.03. The van der Waals surface area contributed by atoms with Crippen molar-refractivity contribution in [3.63, 3.8) is 0 Å². The van der Waals surface area contributed by atoms with Gasteiger partial charge in [-0.25, -0.2) is 0 Å². The van der Waals surface area contributed by atoms with Crippen molar-refractivity contribution < 1.29 is 9.47 Å². The zero-order valence-corrected chi connectivity index (χ0v) is 12.1. The van der Waals surface area contributed by atoms with E-state index in [1.807, 2.05) is 0 Å². The van der Waals surface area contributed by atoms with Gasteiger partial charge in [0.15, 0.2) is 0 Å². The van der Waals surface area contributed by atoms with Gasteiger partial charge >= 0.3 is 0 Å². The molecule has 1 N–H and O–H groups in total. The molecule has 0 amide bonds. The van der Waals surface area contributed by atoms with Crippen LogP contribution in [0.5, 0.6) is 0 Å². The second-order valence-electron chi connectivity index (χ2n) is 5.03. The van der Waals surface area contributed by atoms with Crippen LogP contribution in [0.15, 0.2) is 0 Å². The van der Waals surface area contributed by atoms with Crippen LogP contribution >= 0.6 is 0 Å². The quantitative estimate of drug-likeness (QED) is 0.602. The van der Waals surface area contributed by atoms with Crippen molar-refractivity contribution >= 4 is 0 Å². The molecule has 0 saturated carbocycles. The summed E-state index contributed by atoms with van der Waals surface area (Å²) in [5, 5.41) is 3.44. The summed E-state index contributed by atoms with van der Waals surface area (Å²) in [6, 6.07) is 0. The first-order valence-corrected chi connectivity index (χ1v) is 7.45. The fraction of sp³-hybridized carbons (Fsp3) is 1.00. The van der Waals surface area contributed by atoms with Gasteiger partial charge in [0.25, 0.3) is 0 Å². The molecule has 4 nitrogen and oxygen atoms in total. The molecule has 0 radical (unpaired) electrons. The lowest BCUT2D eigenvalue weighted by Crippen LogP contribution is -2.37. The predicted octanol–water partition coefficient (Wildman–Crippen LogP) is 1.50. The lowest BCUT2D eigenvalue weighted by molar-refractivity contribution is 0.0371. The summed E-state index contributed by atoms with van der Waals surface area (Å²) < 4.78 is 11.0. The van der Waals surface area contributed by atoms with Gasteiger partial charge in [-0.15, -0.1) is 0 Å². The predicted molar refractivity (Wildman–Crippen MR) is 75.1 cm³/mol. The van der Waals surface area contributed by atoms with Crippen LogP contribution in [0.2, 0.25) is 0 Å². The van der Waals surface area contributed by atoms with Crippen molar-refractivity contribution in [2.75, 3.05) is 52.5 Å². The molecule has 1 aliphatic rings. The molecule has 1 atom stereocenters. The summed E-state index contributed by atoms with van der Waals surface area (Å²) in [6.07, 6.45) is 3.99. The normalized spacial score (nSPS) is 19.0. The van der Waals surface area contributed by atoms with Crippen molar-refractivity contribution in [3.05, 3.63) is 0 Å². The Morgan fingerprint density at radius 3 is 2.78 bits per heavy atom. The van der Waals surface area contributed by atoms with Crippen LogP contribution < -0.4 is 5.32 Å². The third-order valence-corrected chi connectivity index (χ3v) is 3.31. The van der Waals surface area contributed by atoms with Gasteiger partial charge in [0.05, 0.1) is 25.9 Å². The molecule has 0 aromatic heterocycles. The number of nitrogens with zero attached hydrogens (tertiary/aromatic N) is 1. The minimum Gasteiger partial charge on any atom is -0.379 e. The van der Waals surface area contributed by atoms with Gasteiger partial charge < -0.3 is 14.8 Å². The fourth-order valence-corrected chi connectivity index (χ4v) is 2.20. The summed E-state index contributed by atoms with van der Waals surface area (Å²) in [5.41, 5.74) is 0. The van der Waals surface area contributed by atoms with E-state index in [1.165, 1.54) is 19.4 Å². The standard InChI is InChI=1S/C14H30N2O2/c1-3-5-14(2)18-11-7-15-6-4-8-16-9-12-17-13-10-16/h14-15H,3-13H2,1-2H3. The van der Waals surface area contributed by atoms with Crippen LogP contribution in [0.3, 0.4) is 0 Å². The summed E-state index contributed by atoms with van der Waals surface area (Å²) in [4.78, 5) is 2.48. The summed E-state index contributed by atoms with van der Waals surface area (Å²) in [5.74, 6) is 0. The van der Waals surface area contributed by atoms with E-state index in [4.69, 9.17) is 9.47 Å². The number of rotatable bonds is 10. The molecule has 0 spiro atoms. The van der Waals surface area contributed by atoms with E-state index < -0.39 is 0 Å². The molecule has 1 saturated heterocycles. The minimum atomic E-state index is 0.408. The van der Waals surface area contributed by atoms with Crippen LogP contribution in [0.25, 0.3) is 0 Å². The molecule has 1 rings (SSSR count). The number of hydrogen-bond acceptors (Lipinski definition) is 4. The number of nitrogens with one attached hydrogen (secondary N) is 1. The van der Waals surface area contributed by atoms with E-state index in [0.29, 0.717) is 6.10 Å². The van der Waals surface area contributed by atoms with Crippen molar-refractivity contribution in [1.29, 1.82) is 0 Å². The number of ether oxygens (including phenoxy) is 2. The molecular formula is C14H30N2O2. The first-order valence-electron chi connectivity index (χ1n) is 7.45. The van der Waals surface area contributed by atoms with E-state index in [1.54, 1.807) is 0 Å². The van der Waals surface area contributed by atoms with E-state index in [9.17, 15) is 0 Å². The van der Waals surface area contributed by atoms with Gasteiger partial charge in [-0.1, -0.05) is 13.3 Å². The van der Waals surface area contributed by atoms with E-state index in [0.717, 1.165) is 52.4 Å². The van der Waals surface area contributed by atoms with E-state index in [-0.39, 0.29) is 0 Å². The Bertz CT molecular complexity index is 185. The van der Waals surface area contributed by atoms with Crippen molar-refractivity contribution in [3.8, 4) is 0 Å². The van der Waals surface area contributed by atoms with Gasteiger partial charge in [0.1, 0.15) is 0 Å². The van der Waals surface area contributed by atoms with Crippen LogP contribution in [-0.2, 0) is 9.47 Å². The lowest BCUT2D eigenvalue weighted by Gasteiger charge is -2.26. The summed E-state index contributed by atoms with van der Waals surface area (Å²) in [7, 11) is 0. The molecule has 18 heavy (non-hydrogen) atoms. The molecular weight excluding hydrogens is 228 g/mol. The monoisotopic (exact) mass is 258 g/mol. The van der Waals surface area contributed by atoms with Crippen molar-refractivity contribution in [2.45, 2.75) is 39.2 Å². The first-order chi connectivity index (χ1) is 8.83. The topological polar surface area (TPSA) is 33.7 Å².